The Morgan fingerprint density at radius 3 is 2.24 bits per heavy atom. The summed E-state index contributed by atoms with van der Waals surface area (Å²) in [4.78, 5) is 5.82. The predicted molar refractivity (Wildman–Crippen MR) is 117 cm³/mol. The molecule has 0 spiro atoms. The number of anilines is 1. The van der Waals surface area contributed by atoms with Gasteiger partial charge in [0.05, 0.1) is 18.1 Å². The minimum Gasteiger partial charge on any atom is -0.368 e. The first-order valence-corrected chi connectivity index (χ1v) is 11.6. The summed E-state index contributed by atoms with van der Waals surface area (Å²) in [6.45, 7) is 3.87. The van der Waals surface area contributed by atoms with Crippen LogP contribution in [0.15, 0.2) is 35.6 Å². The van der Waals surface area contributed by atoms with Crippen LogP contribution < -0.4 is 10.2 Å². The Kier molecular flexibility index (Phi) is 6.45. The highest BCUT2D eigenvalue weighted by Gasteiger charge is 2.34. The van der Waals surface area contributed by atoms with Crippen molar-refractivity contribution in [3.63, 3.8) is 0 Å². The molecule has 0 amide bonds. The number of pyridine rings is 1. The second-order valence-electron chi connectivity index (χ2n) is 8.20. The average molecular weight is 497 g/mol. The first kappa shape index (κ1) is 23.1. The van der Waals surface area contributed by atoms with Crippen LogP contribution in [-0.2, 0) is 6.54 Å². The molecule has 3 aromatic rings. The molecule has 1 saturated carbocycles. The smallest absolute Gasteiger partial charge is 0.200 e. The number of halogens is 5. The summed E-state index contributed by atoms with van der Waals surface area (Å²) in [5.41, 5.74) is 1.74. The lowest BCUT2D eigenvalue weighted by atomic mass is 10.3. The monoisotopic (exact) mass is 496 g/mol. The van der Waals surface area contributed by atoms with E-state index in [0.717, 1.165) is 50.3 Å². The molecule has 0 unspecified atom stereocenters. The van der Waals surface area contributed by atoms with Crippen LogP contribution >= 0.6 is 11.9 Å². The normalized spacial score (nSPS) is 16.5. The van der Waals surface area contributed by atoms with Gasteiger partial charge in [-0.15, -0.1) is 0 Å². The van der Waals surface area contributed by atoms with Crippen molar-refractivity contribution in [3.05, 3.63) is 65.4 Å². The third kappa shape index (κ3) is 4.62. The summed E-state index contributed by atoms with van der Waals surface area (Å²) in [5, 5.41) is 7.62. The molecule has 1 saturated heterocycles. The molecule has 0 atom stereocenters. The molecule has 2 fully saturated rings. The number of rotatable bonds is 7. The summed E-state index contributed by atoms with van der Waals surface area (Å²) in [5.74, 6) is -9.08. The van der Waals surface area contributed by atoms with E-state index >= 15 is 0 Å². The maximum Gasteiger partial charge on any atom is 0.200 e. The third-order valence-electron chi connectivity index (χ3n) is 5.76. The fourth-order valence-corrected chi connectivity index (χ4v) is 4.90. The fourth-order valence-electron chi connectivity index (χ4n) is 3.75. The van der Waals surface area contributed by atoms with Crippen LogP contribution in [0, 0.1) is 29.1 Å². The number of hydrogen-bond donors (Lipinski definition) is 1. The van der Waals surface area contributed by atoms with Crippen LogP contribution in [0.2, 0.25) is 0 Å². The molecule has 1 aromatic carbocycles. The highest BCUT2D eigenvalue weighted by Crippen LogP contribution is 2.40. The summed E-state index contributed by atoms with van der Waals surface area (Å²) < 4.78 is 72.2. The van der Waals surface area contributed by atoms with E-state index in [2.05, 4.69) is 20.3 Å². The van der Waals surface area contributed by atoms with Gasteiger partial charge in [0.25, 0.3) is 0 Å². The lowest BCUT2D eigenvalue weighted by molar-refractivity contribution is 0.358. The fraction of sp³-hybridized carbons (Fsp3) is 0.364. The molecule has 3 heterocycles. The van der Waals surface area contributed by atoms with Crippen LogP contribution in [0.5, 0.6) is 0 Å². The van der Waals surface area contributed by atoms with Gasteiger partial charge in [-0.05, 0) is 36.9 Å². The summed E-state index contributed by atoms with van der Waals surface area (Å²) >= 11 is 0.541. The van der Waals surface area contributed by atoms with Crippen molar-refractivity contribution in [1.82, 2.24) is 24.4 Å². The Morgan fingerprint density at radius 2 is 1.62 bits per heavy atom. The minimum atomic E-state index is -2.16. The van der Waals surface area contributed by atoms with Gasteiger partial charge in [0.15, 0.2) is 29.1 Å². The van der Waals surface area contributed by atoms with Crippen molar-refractivity contribution >= 4 is 17.6 Å². The van der Waals surface area contributed by atoms with Gasteiger partial charge in [-0.2, -0.15) is 5.10 Å². The molecule has 5 rings (SSSR count). The first-order valence-electron chi connectivity index (χ1n) is 10.8. The molecule has 34 heavy (non-hydrogen) atoms. The number of benzene rings is 1. The van der Waals surface area contributed by atoms with Gasteiger partial charge in [0.2, 0.25) is 5.82 Å². The Labute approximate surface area is 196 Å². The minimum absolute atomic E-state index is 0.0280. The van der Waals surface area contributed by atoms with E-state index in [1.165, 1.54) is 0 Å². The molecular formula is C22H21F5N6S. The van der Waals surface area contributed by atoms with Gasteiger partial charge >= 0.3 is 0 Å². The predicted octanol–water partition coefficient (Wildman–Crippen LogP) is 4.04. The number of nitrogens with zero attached hydrogens (tertiary/aromatic N) is 5. The van der Waals surface area contributed by atoms with E-state index in [4.69, 9.17) is 0 Å². The molecule has 2 aliphatic rings. The molecule has 6 nitrogen and oxygen atoms in total. The van der Waals surface area contributed by atoms with Crippen molar-refractivity contribution in [1.29, 1.82) is 0 Å². The molecule has 0 bridgehead atoms. The zero-order valence-electron chi connectivity index (χ0n) is 17.9. The maximum atomic E-state index is 14.2. The van der Waals surface area contributed by atoms with E-state index in [1.54, 1.807) is 27.6 Å². The van der Waals surface area contributed by atoms with E-state index in [1.807, 2.05) is 12.1 Å². The average Bonchev–Trinajstić information content (AvgIpc) is 3.62. The Morgan fingerprint density at radius 1 is 0.941 bits per heavy atom. The molecule has 12 heteroatoms. The first-order chi connectivity index (χ1) is 16.4. The summed E-state index contributed by atoms with van der Waals surface area (Å²) in [6, 6.07) is 3.81. The Bertz CT molecular complexity index is 1150. The van der Waals surface area contributed by atoms with E-state index in [9.17, 15) is 22.0 Å². The second kappa shape index (κ2) is 9.51. The Balaban J connectivity index is 1.31. The standard InChI is InChI=1S/C22H21F5N6S/c23-17-18(24)20(26)22(21(27)19(17)25)34-33(14-1-2-14)12-13-9-30-32(11-13)16-4-3-15(10-29-16)31-7-5-28-6-8-31/h3-4,9-11,14,28H,1-2,5-8,12H2. The maximum absolute atomic E-state index is 14.2. The van der Waals surface area contributed by atoms with E-state index in [-0.39, 0.29) is 12.6 Å². The molecule has 2 aromatic heterocycles. The topological polar surface area (TPSA) is 49.2 Å². The lowest BCUT2D eigenvalue weighted by Crippen LogP contribution is -2.43. The van der Waals surface area contributed by atoms with Gasteiger partial charge in [-0.25, -0.2) is 35.9 Å². The van der Waals surface area contributed by atoms with Crippen LogP contribution in [0.25, 0.3) is 5.82 Å². The van der Waals surface area contributed by atoms with Gasteiger partial charge in [0.1, 0.15) is 4.90 Å². The van der Waals surface area contributed by atoms with Gasteiger partial charge in [-0.3, -0.25) is 0 Å². The van der Waals surface area contributed by atoms with Gasteiger partial charge < -0.3 is 10.2 Å². The molecular weight excluding hydrogens is 475 g/mol. The molecule has 0 radical (unpaired) electrons. The quantitative estimate of drug-likeness (QED) is 0.231. The van der Waals surface area contributed by atoms with Crippen LogP contribution in [0.1, 0.15) is 18.4 Å². The number of piperazine rings is 1. The largest absolute Gasteiger partial charge is 0.368 e. The number of hydrogen-bond acceptors (Lipinski definition) is 6. The highest BCUT2D eigenvalue weighted by atomic mass is 32.2. The van der Waals surface area contributed by atoms with Crippen molar-refractivity contribution in [2.45, 2.75) is 30.3 Å². The third-order valence-corrected chi connectivity index (χ3v) is 6.96. The molecule has 1 N–H and O–H groups in total. The highest BCUT2D eigenvalue weighted by molar-refractivity contribution is 7.97. The molecule has 180 valence electrons. The second-order valence-corrected chi connectivity index (χ2v) is 9.26. The zero-order chi connectivity index (χ0) is 23.8. The summed E-state index contributed by atoms with van der Waals surface area (Å²) in [6.07, 6.45) is 6.66. The Hall–Kier alpha value is -2.70. The molecule has 1 aliphatic carbocycles. The lowest BCUT2D eigenvalue weighted by Gasteiger charge is -2.29. The van der Waals surface area contributed by atoms with Crippen molar-refractivity contribution in [3.8, 4) is 5.82 Å². The number of nitrogens with one attached hydrogen (secondary N) is 1. The van der Waals surface area contributed by atoms with Gasteiger partial charge in [-0.1, -0.05) is 0 Å². The zero-order valence-corrected chi connectivity index (χ0v) is 18.8. The van der Waals surface area contributed by atoms with Crippen molar-refractivity contribution < 1.29 is 22.0 Å². The van der Waals surface area contributed by atoms with Crippen LogP contribution in [0.4, 0.5) is 27.6 Å². The van der Waals surface area contributed by atoms with Crippen molar-refractivity contribution in [2.75, 3.05) is 31.1 Å². The number of aromatic nitrogens is 3. The SMILES string of the molecule is Fc1c(F)c(F)c(SN(Cc2cnn(-c3ccc(N4CCNCC4)cn3)c2)C2CC2)c(F)c1F. The van der Waals surface area contributed by atoms with Crippen LogP contribution in [-0.4, -0.2) is 51.3 Å². The molecule has 1 aliphatic heterocycles. The van der Waals surface area contributed by atoms with E-state index in [0.29, 0.717) is 17.8 Å². The van der Waals surface area contributed by atoms with Crippen LogP contribution in [0.3, 0.4) is 0 Å². The van der Waals surface area contributed by atoms with Crippen molar-refractivity contribution in [2.24, 2.45) is 0 Å². The summed E-state index contributed by atoms with van der Waals surface area (Å²) in [7, 11) is 0. The van der Waals surface area contributed by atoms with E-state index < -0.39 is 34.0 Å². The van der Waals surface area contributed by atoms with Gasteiger partial charge in [0, 0.05) is 50.5 Å².